The molecular formula is C20H19NO2S. The predicted molar refractivity (Wildman–Crippen MR) is 97.2 cm³/mol. The zero-order chi connectivity index (χ0) is 16.8. The lowest BCUT2D eigenvalue weighted by Crippen LogP contribution is -2.28. The maximum atomic E-state index is 12.7. The standard InChI is InChI=1S/C20H19NO2S/c1-23-14-15-9-11-17(12-10-15)20(22)21-19(18-8-5-13-24-18)16-6-3-2-4-7-16/h2-13,19H,14H2,1H3,(H,21,22). The van der Waals surface area contributed by atoms with Crippen molar-refractivity contribution in [1.82, 2.24) is 5.32 Å². The van der Waals surface area contributed by atoms with Gasteiger partial charge in [-0.2, -0.15) is 0 Å². The SMILES string of the molecule is COCc1ccc(C(=O)NC(c2ccccc2)c2cccs2)cc1. The molecule has 0 bridgehead atoms. The number of methoxy groups -OCH3 is 1. The first-order valence-corrected chi connectivity index (χ1v) is 8.63. The number of nitrogens with one attached hydrogen (secondary N) is 1. The zero-order valence-electron chi connectivity index (χ0n) is 13.4. The van der Waals surface area contributed by atoms with Crippen LogP contribution >= 0.6 is 11.3 Å². The number of ether oxygens (including phenoxy) is 1. The van der Waals surface area contributed by atoms with Crippen molar-refractivity contribution in [3.05, 3.63) is 93.7 Å². The third-order valence-corrected chi connectivity index (χ3v) is 4.70. The molecule has 0 aliphatic heterocycles. The second kappa shape index (κ2) is 7.90. The van der Waals surface area contributed by atoms with Gasteiger partial charge < -0.3 is 10.1 Å². The largest absolute Gasteiger partial charge is 0.380 e. The number of thiophene rings is 1. The average Bonchev–Trinajstić information content (AvgIpc) is 3.15. The van der Waals surface area contributed by atoms with Gasteiger partial charge >= 0.3 is 0 Å². The molecule has 0 spiro atoms. The molecule has 1 heterocycles. The van der Waals surface area contributed by atoms with Gasteiger partial charge in [0, 0.05) is 17.6 Å². The fourth-order valence-electron chi connectivity index (χ4n) is 2.55. The molecule has 0 aliphatic rings. The number of rotatable bonds is 6. The lowest BCUT2D eigenvalue weighted by molar-refractivity contribution is 0.0943. The molecule has 122 valence electrons. The molecule has 24 heavy (non-hydrogen) atoms. The summed E-state index contributed by atoms with van der Waals surface area (Å²) in [6, 6.07) is 21.4. The molecule has 0 saturated heterocycles. The van der Waals surface area contributed by atoms with Crippen molar-refractivity contribution >= 4 is 17.2 Å². The van der Waals surface area contributed by atoms with Crippen LogP contribution in [-0.4, -0.2) is 13.0 Å². The Kier molecular flexibility index (Phi) is 5.41. The first-order valence-electron chi connectivity index (χ1n) is 7.75. The summed E-state index contributed by atoms with van der Waals surface area (Å²) in [7, 11) is 1.66. The van der Waals surface area contributed by atoms with E-state index in [1.165, 1.54) is 0 Å². The quantitative estimate of drug-likeness (QED) is 0.723. The van der Waals surface area contributed by atoms with Crippen molar-refractivity contribution in [2.75, 3.05) is 7.11 Å². The second-order valence-electron chi connectivity index (χ2n) is 5.46. The molecule has 2 aromatic carbocycles. The van der Waals surface area contributed by atoms with Gasteiger partial charge in [0.15, 0.2) is 0 Å². The minimum absolute atomic E-state index is 0.0822. The smallest absolute Gasteiger partial charge is 0.252 e. The highest BCUT2D eigenvalue weighted by Gasteiger charge is 2.18. The second-order valence-corrected chi connectivity index (χ2v) is 6.44. The summed E-state index contributed by atoms with van der Waals surface area (Å²) in [5.41, 5.74) is 2.77. The van der Waals surface area contributed by atoms with Crippen LogP contribution in [0, 0.1) is 0 Å². The summed E-state index contributed by atoms with van der Waals surface area (Å²) in [5, 5.41) is 5.17. The van der Waals surface area contributed by atoms with E-state index < -0.39 is 0 Å². The van der Waals surface area contributed by atoms with Crippen LogP contribution in [0.25, 0.3) is 0 Å². The maximum absolute atomic E-state index is 12.7. The third-order valence-electron chi connectivity index (χ3n) is 3.76. The number of hydrogen-bond donors (Lipinski definition) is 1. The lowest BCUT2D eigenvalue weighted by atomic mass is 10.0. The Morgan fingerprint density at radius 1 is 1.04 bits per heavy atom. The van der Waals surface area contributed by atoms with Gasteiger partial charge in [-0.3, -0.25) is 4.79 Å². The van der Waals surface area contributed by atoms with Crippen molar-refractivity contribution in [1.29, 1.82) is 0 Å². The topological polar surface area (TPSA) is 38.3 Å². The highest BCUT2D eigenvalue weighted by molar-refractivity contribution is 7.10. The van der Waals surface area contributed by atoms with Gasteiger partial charge in [0.2, 0.25) is 0 Å². The number of benzene rings is 2. The van der Waals surface area contributed by atoms with Crippen molar-refractivity contribution < 1.29 is 9.53 Å². The van der Waals surface area contributed by atoms with E-state index in [9.17, 15) is 4.79 Å². The van der Waals surface area contributed by atoms with E-state index in [1.54, 1.807) is 18.4 Å². The van der Waals surface area contributed by atoms with Crippen molar-refractivity contribution in [3.8, 4) is 0 Å². The summed E-state index contributed by atoms with van der Waals surface area (Å²) in [6.45, 7) is 0.545. The van der Waals surface area contributed by atoms with Gasteiger partial charge in [-0.15, -0.1) is 11.3 Å². The zero-order valence-corrected chi connectivity index (χ0v) is 14.3. The maximum Gasteiger partial charge on any atom is 0.252 e. The van der Waals surface area contributed by atoms with Crippen LogP contribution in [0.3, 0.4) is 0 Å². The van der Waals surface area contributed by atoms with E-state index in [1.807, 2.05) is 72.1 Å². The predicted octanol–water partition coefficient (Wildman–Crippen LogP) is 4.41. The molecule has 4 heteroatoms. The Morgan fingerprint density at radius 3 is 2.42 bits per heavy atom. The van der Waals surface area contributed by atoms with Crippen LogP contribution in [0.1, 0.15) is 32.4 Å². The van der Waals surface area contributed by atoms with Crippen LogP contribution in [-0.2, 0) is 11.3 Å². The van der Waals surface area contributed by atoms with Crippen LogP contribution in [0.5, 0.6) is 0 Å². The van der Waals surface area contributed by atoms with E-state index in [-0.39, 0.29) is 11.9 Å². The molecule has 1 unspecified atom stereocenters. The van der Waals surface area contributed by atoms with Crippen molar-refractivity contribution in [3.63, 3.8) is 0 Å². The van der Waals surface area contributed by atoms with E-state index >= 15 is 0 Å². The molecule has 0 fully saturated rings. The highest BCUT2D eigenvalue weighted by Crippen LogP contribution is 2.26. The molecule has 1 atom stereocenters. The summed E-state index contributed by atoms with van der Waals surface area (Å²) in [6.07, 6.45) is 0. The van der Waals surface area contributed by atoms with Gasteiger partial charge in [0.25, 0.3) is 5.91 Å². The molecule has 3 rings (SSSR count). The summed E-state index contributed by atoms with van der Waals surface area (Å²) in [5.74, 6) is -0.0822. The first kappa shape index (κ1) is 16.4. The molecule has 3 aromatic rings. The Hall–Kier alpha value is -2.43. The van der Waals surface area contributed by atoms with Crippen LogP contribution < -0.4 is 5.32 Å². The molecule has 0 radical (unpaired) electrons. The Labute approximate surface area is 145 Å². The molecule has 0 aliphatic carbocycles. The molecule has 3 nitrogen and oxygen atoms in total. The number of carbonyl (C=O) groups excluding carboxylic acids is 1. The molecule has 1 amide bonds. The summed E-state index contributed by atoms with van der Waals surface area (Å²) < 4.78 is 5.10. The van der Waals surface area contributed by atoms with Crippen molar-refractivity contribution in [2.24, 2.45) is 0 Å². The number of amides is 1. The van der Waals surface area contributed by atoms with E-state index in [0.717, 1.165) is 16.0 Å². The van der Waals surface area contributed by atoms with Gasteiger partial charge in [-0.1, -0.05) is 48.5 Å². The minimum atomic E-state index is -0.141. The molecular weight excluding hydrogens is 318 g/mol. The van der Waals surface area contributed by atoms with E-state index in [2.05, 4.69) is 5.32 Å². The van der Waals surface area contributed by atoms with Crippen LogP contribution in [0.2, 0.25) is 0 Å². The van der Waals surface area contributed by atoms with E-state index in [0.29, 0.717) is 12.2 Å². The Bertz CT molecular complexity index is 767. The van der Waals surface area contributed by atoms with Crippen LogP contribution in [0.4, 0.5) is 0 Å². The minimum Gasteiger partial charge on any atom is -0.380 e. The summed E-state index contributed by atoms with van der Waals surface area (Å²) in [4.78, 5) is 13.8. The van der Waals surface area contributed by atoms with Gasteiger partial charge in [0.05, 0.1) is 12.6 Å². The summed E-state index contributed by atoms with van der Waals surface area (Å²) >= 11 is 1.64. The van der Waals surface area contributed by atoms with Gasteiger partial charge in [-0.05, 0) is 34.7 Å². The molecule has 1 N–H and O–H groups in total. The monoisotopic (exact) mass is 337 g/mol. The van der Waals surface area contributed by atoms with E-state index in [4.69, 9.17) is 4.74 Å². The average molecular weight is 337 g/mol. The normalized spacial score (nSPS) is 11.9. The third kappa shape index (κ3) is 3.91. The molecule has 0 saturated carbocycles. The van der Waals surface area contributed by atoms with Crippen molar-refractivity contribution in [2.45, 2.75) is 12.6 Å². The Morgan fingerprint density at radius 2 is 1.79 bits per heavy atom. The van der Waals surface area contributed by atoms with Gasteiger partial charge in [0.1, 0.15) is 0 Å². The number of carbonyl (C=O) groups is 1. The first-order chi connectivity index (χ1) is 11.8. The molecule has 1 aromatic heterocycles. The Balaban J connectivity index is 1.81. The number of hydrogen-bond acceptors (Lipinski definition) is 3. The lowest BCUT2D eigenvalue weighted by Gasteiger charge is -2.18. The van der Waals surface area contributed by atoms with Gasteiger partial charge in [-0.25, -0.2) is 0 Å². The highest BCUT2D eigenvalue weighted by atomic mass is 32.1. The fourth-order valence-corrected chi connectivity index (χ4v) is 3.36. The van der Waals surface area contributed by atoms with Crippen LogP contribution in [0.15, 0.2) is 72.1 Å². The fraction of sp³-hybridized carbons (Fsp3) is 0.150.